The number of aromatic nitrogens is 3. The van der Waals surface area contributed by atoms with E-state index in [0.29, 0.717) is 23.5 Å². The van der Waals surface area contributed by atoms with Crippen molar-refractivity contribution in [3.63, 3.8) is 0 Å². The van der Waals surface area contributed by atoms with Crippen LogP contribution < -0.4 is 10.6 Å². The molecule has 0 radical (unpaired) electrons. The lowest BCUT2D eigenvalue weighted by Crippen LogP contribution is -2.23. The maximum Gasteiger partial charge on any atom is 0.416 e. The van der Waals surface area contributed by atoms with Gasteiger partial charge in [-0.15, -0.1) is 5.10 Å². The highest BCUT2D eigenvalue weighted by Gasteiger charge is 2.30. The molecule has 1 fully saturated rings. The van der Waals surface area contributed by atoms with Crippen LogP contribution in [0.25, 0.3) is 0 Å². The average Bonchev–Trinajstić information content (AvgIpc) is 2.56. The Bertz CT molecular complexity index is 683. The van der Waals surface area contributed by atoms with Crippen LogP contribution in [0.5, 0.6) is 0 Å². The summed E-state index contributed by atoms with van der Waals surface area (Å²) in [7, 11) is 0. The summed E-state index contributed by atoms with van der Waals surface area (Å²) in [5.74, 6) is 0.738. The zero-order chi connectivity index (χ0) is 17.0. The van der Waals surface area contributed by atoms with Crippen LogP contribution >= 0.6 is 0 Å². The highest BCUT2D eigenvalue weighted by atomic mass is 19.4. The molecule has 8 heteroatoms. The molecule has 0 amide bonds. The highest BCUT2D eigenvalue weighted by molar-refractivity contribution is 5.57. The lowest BCUT2D eigenvalue weighted by Gasteiger charge is -2.22. The van der Waals surface area contributed by atoms with E-state index in [-0.39, 0.29) is 0 Å². The average molecular weight is 337 g/mol. The smallest absolute Gasteiger partial charge is 0.350 e. The zero-order valence-corrected chi connectivity index (χ0v) is 13.0. The van der Waals surface area contributed by atoms with Crippen molar-refractivity contribution in [2.24, 2.45) is 0 Å². The molecule has 3 rings (SSSR count). The second-order valence-electron chi connectivity index (χ2n) is 5.85. The number of rotatable bonds is 4. The first-order valence-electron chi connectivity index (χ1n) is 7.91. The van der Waals surface area contributed by atoms with Gasteiger partial charge in [-0.3, -0.25) is 0 Å². The summed E-state index contributed by atoms with van der Waals surface area (Å²) in [6.45, 7) is 0. The third-order valence-corrected chi connectivity index (χ3v) is 3.96. The van der Waals surface area contributed by atoms with Gasteiger partial charge >= 0.3 is 6.18 Å². The summed E-state index contributed by atoms with van der Waals surface area (Å²) >= 11 is 0. The Morgan fingerprint density at radius 3 is 2.62 bits per heavy atom. The highest BCUT2D eigenvalue weighted by Crippen LogP contribution is 2.31. The normalized spacial score (nSPS) is 16.0. The number of benzene rings is 1. The van der Waals surface area contributed by atoms with Gasteiger partial charge < -0.3 is 10.6 Å². The Balaban J connectivity index is 1.70. The predicted octanol–water partition coefficient (Wildman–Crippen LogP) is 4.38. The molecule has 128 valence electrons. The molecule has 1 aromatic heterocycles. The van der Waals surface area contributed by atoms with E-state index < -0.39 is 11.7 Å². The summed E-state index contributed by atoms with van der Waals surface area (Å²) in [5, 5.41) is 13.9. The van der Waals surface area contributed by atoms with Crippen molar-refractivity contribution in [2.75, 3.05) is 10.6 Å². The first-order valence-corrected chi connectivity index (χ1v) is 7.91. The Morgan fingerprint density at radius 1 is 1.08 bits per heavy atom. The van der Waals surface area contributed by atoms with E-state index >= 15 is 0 Å². The fourth-order valence-corrected chi connectivity index (χ4v) is 2.78. The Hall–Kier alpha value is -2.38. The topological polar surface area (TPSA) is 62.7 Å². The molecule has 1 aromatic carbocycles. The van der Waals surface area contributed by atoms with Crippen molar-refractivity contribution in [1.29, 1.82) is 0 Å². The van der Waals surface area contributed by atoms with Crippen molar-refractivity contribution < 1.29 is 13.2 Å². The van der Waals surface area contributed by atoms with E-state index in [9.17, 15) is 13.2 Å². The van der Waals surface area contributed by atoms with Crippen LogP contribution in [0.2, 0.25) is 0 Å². The molecule has 2 aromatic rings. The van der Waals surface area contributed by atoms with Gasteiger partial charge in [-0.05, 0) is 31.0 Å². The number of hydrogen-bond acceptors (Lipinski definition) is 5. The molecular formula is C16H18F3N5. The van der Waals surface area contributed by atoms with Crippen LogP contribution in [0.4, 0.5) is 30.6 Å². The summed E-state index contributed by atoms with van der Waals surface area (Å²) in [5.41, 5.74) is -0.413. The summed E-state index contributed by atoms with van der Waals surface area (Å²) in [4.78, 5) is 4.28. The number of alkyl halides is 3. The van der Waals surface area contributed by atoms with Gasteiger partial charge in [0.25, 0.3) is 0 Å². The van der Waals surface area contributed by atoms with Gasteiger partial charge in [-0.25, -0.2) is 0 Å². The number of halogens is 3. The number of nitrogens with one attached hydrogen (secondary N) is 2. The van der Waals surface area contributed by atoms with Gasteiger partial charge in [0.05, 0.1) is 11.8 Å². The molecule has 5 nitrogen and oxygen atoms in total. The Morgan fingerprint density at radius 2 is 1.88 bits per heavy atom. The van der Waals surface area contributed by atoms with Crippen LogP contribution in [0.3, 0.4) is 0 Å². The van der Waals surface area contributed by atoms with E-state index in [0.717, 1.165) is 25.0 Å². The fourth-order valence-electron chi connectivity index (χ4n) is 2.78. The largest absolute Gasteiger partial charge is 0.416 e. The van der Waals surface area contributed by atoms with Gasteiger partial charge in [0, 0.05) is 11.7 Å². The second kappa shape index (κ2) is 7.02. The van der Waals surface area contributed by atoms with Gasteiger partial charge in [0.2, 0.25) is 5.95 Å². The Kier molecular flexibility index (Phi) is 4.82. The molecule has 0 aliphatic heterocycles. The molecular weight excluding hydrogens is 319 g/mol. The number of hydrogen-bond donors (Lipinski definition) is 2. The second-order valence-corrected chi connectivity index (χ2v) is 5.85. The zero-order valence-electron chi connectivity index (χ0n) is 13.0. The van der Waals surface area contributed by atoms with Crippen LogP contribution in [0, 0.1) is 0 Å². The van der Waals surface area contributed by atoms with Gasteiger partial charge in [0.1, 0.15) is 0 Å². The van der Waals surface area contributed by atoms with Gasteiger partial charge in [-0.2, -0.15) is 23.3 Å². The molecule has 1 aliphatic carbocycles. The van der Waals surface area contributed by atoms with E-state index in [1.54, 1.807) is 6.07 Å². The van der Waals surface area contributed by atoms with Crippen molar-refractivity contribution >= 4 is 17.5 Å². The van der Waals surface area contributed by atoms with Gasteiger partial charge in [-0.1, -0.05) is 25.3 Å². The number of anilines is 3. The van der Waals surface area contributed by atoms with E-state index in [2.05, 4.69) is 25.8 Å². The SMILES string of the molecule is FC(F)(F)c1cccc(Nc2cnnc(NC3CCCCC3)n2)c1. The molecule has 0 bridgehead atoms. The first-order chi connectivity index (χ1) is 11.5. The molecule has 1 aliphatic rings. The van der Waals surface area contributed by atoms with Crippen LogP contribution in [0.15, 0.2) is 30.5 Å². The van der Waals surface area contributed by atoms with Crippen molar-refractivity contribution in [3.05, 3.63) is 36.0 Å². The molecule has 0 unspecified atom stereocenters. The quantitative estimate of drug-likeness (QED) is 0.867. The molecule has 1 saturated carbocycles. The van der Waals surface area contributed by atoms with Crippen LogP contribution in [-0.2, 0) is 6.18 Å². The van der Waals surface area contributed by atoms with Crippen LogP contribution in [0.1, 0.15) is 37.7 Å². The monoisotopic (exact) mass is 337 g/mol. The third kappa shape index (κ3) is 4.33. The minimum atomic E-state index is -4.38. The lowest BCUT2D eigenvalue weighted by atomic mass is 9.96. The van der Waals surface area contributed by atoms with Crippen molar-refractivity contribution in [2.45, 2.75) is 44.3 Å². The summed E-state index contributed by atoms with van der Waals surface area (Å²) in [6.07, 6.45) is 2.72. The molecule has 0 spiro atoms. The minimum Gasteiger partial charge on any atom is -0.350 e. The van der Waals surface area contributed by atoms with Crippen molar-refractivity contribution in [1.82, 2.24) is 15.2 Å². The minimum absolute atomic E-state index is 0.300. The molecule has 0 atom stereocenters. The molecule has 2 N–H and O–H groups in total. The maximum absolute atomic E-state index is 12.8. The Labute approximate surface area is 137 Å². The summed E-state index contributed by atoms with van der Waals surface area (Å²) in [6, 6.07) is 5.28. The molecule has 24 heavy (non-hydrogen) atoms. The number of nitrogens with zero attached hydrogens (tertiary/aromatic N) is 3. The lowest BCUT2D eigenvalue weighted by molar-refractivity contribution is -0.137. The standard InChI is InChI=1S/C16H18F3N5/c17-16(18,19)11-5-4-8-13(9-11)21-14-10-20-24-15(23-14)22-12-6-2-1-3-7-12/h4-5,8-10,12H,1-3,6-7H2,(H2,21,22,23,24). The first kappa shape index (κ1) is 16.5. The maximum atomic E-state index is 12.8. The van der Waals surface area contributed by atoms with Crippen LogP contribution in [-0.4, -0.2) is 21.2 Å². The van der Waals surface area contributed by atoms with Gasteiger partial charge in [0.15, 0.2) is 5.82 Å². The fraction of sp³-hybridized carbons (Fsp3) is 0.438. The molecule has 0 saturated heterocycles. The predicted molar refractivity (Wildman–Crippen MR) is 85.0 cm³/mol. The van der Waals surface area contributed by atoms with Crippen molar-refractivity contribution in [3.8, 4) is 0 Å². The third-order valence-electron chi connectivity index (χ3n) is 3.96. The summed E-state index contributed by atoms with van der Waals surface area (Å²) < 4.78 is 38.3. The van der Waals surface area contributed by atoms with E-state index in [1.807, 2.05) is 0 Å². The molecule has 1 heterocycles. The van der Waals surface area contributed by atoms with E-state index in [4.69, 9.17) is 0 Å². The van der Waals surface area contributed by atoms with E-state index in [1.165, 1.54) is 31.5 Å².